The fraction of sp³-hybridized carbons (Fsp3) is 0.708. The van der Waals surface area contributed by atoms with E-state index in [0.29, 0.717) is 12.1 Å². The zero-order valence-corrected chi connectivity index (χ0v) is 18.9. The van der Waals surface area contributed by atoms with Crippen LogP contribution in [-0.2, 0) is 20.8 Å². The number of ether oxygens (including phenoxy) is 3. The van der Waals surface area contributed by atoms with Gasteiger partial charge in [-0.05, 0) is 31.7 Å². The van der Waals surface area contributed by atoms with Gasteiger partial charge in [0.15, 0.2) is 5.96 Å². The molecule has 4 rings (SSSR count). The van der Waals surface area contributed by atoms with E-state index in [1.807, 2.05) is 0 Å². The monoisotopic (exact) mass is 430 g/mol. The summed E-state index contributed by atoms with van der Waals surface area (Å²) in [6.45, 7) is 10.8. The smallest absolute Gasteiger partial charge is 0.194 e. The largest absolute Gasteiger partial charge is 0.381 e. The van der Waals surface area contributed by atoms with Crippen molar-refractivity contribution < 1.29 is 14.2 Å². The topological polar surface area (TPSA) is 58.6 Å². The van der Waals surface area contributed by atoms with Crippen LogP contribution in [0.3, 0.4) is 0 Å². The molecule has 31 heavy (non-hydrogen) atoms. The highest BCUT2D eigenvalue weighted by atomic mass is 16.5. The maximum absolute atomic E-state index is 6.14. The van der Waals surface area contributed by atoms with Crippen LogP contribution in [0.2, 0.25) is 0 Å². The molecule has 1 aromatic carbocycles. The molecule has 172 valence electrons. The summed E-state index contributed by atoms with van der Waals surface area (Å²) in [4.78, 5) is 9.85. The zero-order valence-electron chi connectivity index (χ0n) is 18.9. The summed E-state index contributed by atoms with van der Waals surface area (Å²) in [5.74, 6) is 1.01. The Kier molecular flexibility index (Phi) is 8.58. The van der Waals surface area contributed by atoms with Crippen LogP contribution in [0.25, 0.3) is 0 Å². The summed E-state index contributed by atoms with van der Waals surface area (Å²) in [6, 6.07) is 11.2. The van der Waals surface area contributed by atoms with E-state index in [1.54, 1.807) is 0 Å². The maximum Gasteiger partial charge on any atom is 0.194 e. The molecule has 0 amide bonds. The lowest BCUT2D eigenvalue weighted by atomic mass is 10.1. The third-order valence-corrected chi connectivity index (χ3v) is 6.37. The molecule has 0 aromatic heterocycles. The van der Waals surface area contributed by atoms with E-state index in [2.05, 4.69) is 52.4 Å². The molecule has 3 fully saturated rings. The second-order valence-corrected chi connectivity index (χ2v) is 8.61. The minimum atomic E-state index is 0.248. The molecule has 0 spiro atoms. The standard InChI is InChI=1S/C24H38N4O3/c1-2-25-24(26-11-6-13-30-21-9-14-29-15-10-21)28-18-22-23(19-28)31-16-12-27(22)17-20-7-4-3-5-8-20/h3-5,7-8,21-23H,2,6,9-19H2,1H3,(H,25,26). The third kappa shape index (κ3) is 6.42. The number of aliphatic imine (C=N–C) groups is 1. The van der Waals surface area contributed by atoms with Crippen molar-refractivity contribution in [1.82, 2.24) is 15.1 Å². The molecule has 0 aliphatic carbocycles. The quantitative estimate of drug-likeness (QED) is 0.387. The molecule has 1 N–H and O–H groups in total. The first-order valence-electron chi connectivity index (χ1n) is 12.0. The van der Waals surface area contributed by atoms with Gasteiger partial charge in [0.2, 0.25) is 0 Å². The van der Waals surface area contributed by atoms with Gasteiger partial charge in [0.25, 0.3) is 0 Å². The first-order valence-corrected chi connectivity index (χ1v) is 12.0. The van der Waals surface area contributed by atoms with Crippen LogP contribution in [0.5, 0.6) is 0 Å². The van der Waals surface area contributed by atoms with Crippen LogP contribution in [0.15, 0.2) is 35.3 Å². The zero-order chi connectivity index (χ0) is 21.3. The highest BCUT2D eigenvalue weighted by Crippen LogP contribution is 2.24. The number of hydrogen-bond donors (Lipinski definition) is 1. The highest BCUT2D eigenvalue weighted by molar-refractivity contribution is 5.80. The summed E-state index contributed by atoms with van der Waals surface area (Å²) < 4.78 is 17.5. The van der Waals surface area contributed by atoms with Crippen LogP contribution in [-0.4, -0.2) is 93.2 Å². The highest BCUT2D eigenvalue weighted by Gasteiger charge is 2.41. The second kappa shape index (κ2) is 11.8. The summed E-state index contributed by atoms with van der Waals surface area (Å²) >= 11 is 0. The van der Waals surface area contributed by atoms with Crippen molar-refractivity contribution in [2.75, 3.05) is 59.2 Å². The Labute approximate surface area is 186 Å². The molecule has 0 saturated carbocycles. The number of morpholine rings is 1. The molecule has 7 heteroatoms. The number of rotatable bonds is 8. The van der Waals surface area contributed by atoms with Gasteiger partial charge >= 0.3 is 0 Å². The normalized spacial score (nSPS) is 25.6. The Morgan fingerprint density at radius 2 is 2.00 bits per heavy atom. The Morgan fingerprint density at radius 3 is 2.81 bits per heavy atom. The van der Waals surface area contributed by atoms with E-state index >= 15 is 0 Å². The average molecular weight is 431 g/mol. The van der Waals surface area contributed by atoms with E-state index in [4.69, 9.17) is 19.2 Å². The van der Waals surface area contributed by atoms with E-state index in [0.717, 1.165) is 90.9 Å². The molecular weight excluding hydrogens is 392 g/mol. The predicted octanol–water partition coefficient (Wildman–Crippen LogP) is 2.12. The Morgan fingerprint density at radius 1 is 1.16 bits per heavy atom. The molecular formula is C24H38N4O3. The molecule has 3 heterocycles. The molecule has 3 aliphatic rings. The van der Waals surface area contributed by atoms with Crippen LogP contribution in [0.1, 0.15) is 31.7 Å². The van der Waals surface area contributed by atoms with Gasteiger partial charge in [0.1, 0.15) is 0 Å². The van der Waals surface area contributed by atoms with Gasteiger partial charge in [-0.2, -0.15) is 0 Å². The van der Waals surface area contributed by atoms with Crippen molar-refractivity contribution in [3.05, 3.63) is 35.9 Å². The van der Waals surface area contributed by atoms with Crippen molar-refractivity contribution in [3.63, 3.8) is 0 Å². The first-order chi connectivity index (χ1) is 15.3. The van der Waals surface area contributed by atoms with Crippen molar-refractivity contribution in [2.24, 2.45) is 4.99 Å². The number of hydrogen-bond acceptors (Lipinski definition) is 5. The summed E-state index contributed by atoms with van der Waals surface area (Å²) in [5, 5.41) is 3.48. The second-order valence-electron chi connectivity index (χ2n) is 8.61. The van der Waals surface area contributed by atoms with Crippen molar-refractivity contribution in [2.45, 2.75) is 51.0 Å². The van der Waals surface area contributed by atoms with Gasteiger partial charge in [-0.1, -0.05) is 30.3 Å². The Bertz CT molecular complexity index is 681. The van der Waals surface area contributed by atoms with Gasteiger partial charge in [0, 0.05) is 59.1 Å². The van der Waals surface area contributed by atoms with Gasteiger partial charge in [-0.3, -0.25) is 9.89 Å². The van der Waals surface area contributed by atoms with Gasteiger partial charge < -0.3 is 24.4 Å². The lowest BCUT2D eigenvalue weighted by molar-refractivity contribution is -0.0502. The average Bonchev–Trinajstić information content (AvgIpc) is 3.25. The minimum Gasteiger partial charge on any atom is -0.381 e. The molecule has 2 atom stereocenters. The van der Waals surface area contributed by atoms with Crippen LogP contribution in [0.4, 0.5) is 0 Å². The van der Waals surface area contributed by atoms with Crippen molar-refractivity contribution >= 4 is 5.96 Å². The van der Waals surface area contributed by atoms with E-state index in [9.17, 15) is 0 Å². The van der Waals surface area contributed by atoms with E-state index in [1.165, 1.54) is 5.56 Å². The van der Waals surface area contributed by atoms with E-state index < -0.39 is 0 Å². The molecule has 7 nitrogen and oxygen atoms in total. The lowest BCUT2D eigenvalue weighted by Crippen LogP contribution is -2.50. The molecule has 2 unspecified atom stereocenters. The third-order valence-electron chi connectivity index (χ3n) is 6.37. The lowest BCUT2D eigenvalue weighted by Gasteiger charge is -2.36. The molecule has 3 saturated heterocycles. The number of likely N-dealkylation sites (tertiary alicyclic amines) is 1. The summed E-state index contributed by atoms with van der Waals surface area (Å²) in [7, 11) is 0. The van der Waals surface area contributed by atoms with Gasteiger partial charge in [-0.25, -0.2) is 0 Å². The van der Waals surface area contributed by atoms with Gasteiger partial charge in [-0.15, -0.1) is 0 Å². The summed E-state index contributed by atoms with van der Waals surface area (Å²) in [5.41, 5.74) is 1.37. The Hall–Kier alpha value is -1.67. The van der Waals surface area contributed by atoms with Gasteiger partial charge in [0.05, 0.1) is 24.9 Å². The predicted molar refractivity (Wildman–Crippen MR) is 122 cm³/mol. The van der Waals surface area contributed by atoms with Crippen LogP contribution in [0, 0.1) is 0 Å². The van der Waals surface area contributed by atoms with Crippen molar-refractivity contribution in [3.8, 4) is 0 Å². The number of nitrogens with one attached hydrogen (secondary N) is 1. The van der Waals surface area contributed by atoms with Crippen molar-refractivity contribution in [1.29, 1.82) is 0 Å². The van der Waals surface area contributed by atoms with E-state index in [-0.39, 0.29) is 6.10 Å². The molecule has 0 radical (unpaired) electrons. The van der Waals surface area contributed by atoms with Crippen LogP contribution >= 0.6 is 0 Å². The first kappa shape index (κ1) is 22.5. The molecule has 1 aromatic rings. The summed E-state index contributed by atoms with van der Waals surface area (Å²) in [6.07, 6.45) is 3.59. The maximum atomic E-state index is 6.14. The number of guanidine groups is 1. The molecule has 0 bridgehead atoms. The Balaban J connectivity index is 1.28. The minimum absolute atomic E-state index is 0.248. The SMILES string of the molecule is CCNC(=NCCCOC1CCOCC1)N1CC2OCCN(Cc3ccccc3)C2C1. The fourth-order valence-corrected chi connectivity index (χ4v) is 4.71. The van der Waals surface area contributed by atoms with Crippen LogP contribution < -0.4 is 5.32 Å². The number of nitrogens with zero attached hydrogens (tertiary/aromatic N) is 3. The number of fused-ring (bicyclic) bond motifs is 1. The fourth-order valence-electron chi connectivity index (χ4n) is 4.71. The molecule has 3 aliphatic heterocycles. The number of benzene rings is 1.